The van der Waals surface area contributed by atoms with Crippen LogP contribution in [0.1, 0.15) is 18.1 Å². The van der Waals surface area contributed by atoms with Gasteiger partial charge in [0.15, 0.2) is 6.10 Å². The van der Waals surface area contributed by atoms with E-state index in [2.05, 4.69) is 5.32 Å². The summed E-state index contributed by atoms with van der Waals surface area (Å²) in [7, 11) is 1.57. The van der Waals surface area contributed by atoms with Crippen LogP contribution in [0.15, 0.2) is 53.1 Å². The van der Waals surface area contributed by atoms with E-state index < -0.39 is 12.1 Å². The number of hydrogen-bond donors (Lipinski definition) is 1. The highest BCUT2D eigenvalue weighted by atomic mass is 16.5. The Morgan fingerprint density at radius 3 is 2.59 bits per heavy atom. The van der Waals surface area contributed by atoms with Gasteiger partial charge in [-0.15, -0.1) is 0 Å². The molecule has 1 aromatic heterocycles. The van der Waals surface area contributed by atoms with Crippen molar-refractivity contribution in [1.29, 1.82) is 0 Å². The molecule has 1 atom stereocenters. The molecule has 0 bridgehead atoms. The van der Waals surface area contributed by atoms with E-state index in [-0.39, 0.29) is 12.3 Å². The van der Waals surface area contributed by atoms with E-state index in [4.69, 9.17) is 13.9 Å². The first-order valence-corrected chi connectivity index (χ1v) is 8.57. The lowest BCUT2D eigenvalue weighted by atomic mass is 10.1. The Kier molecular flexibility index (Phi) is 5.45. The highest BCUT2D eigenvalue weighted by Crippen LogP contribution is 2.26. The molecule has 6 nitrogen and oxygen atoms in total. The van der Waals surface area contributed by atoms with Gasteiger partial charge in [-0.1, -0.05) is 17.7 Å². The van der Waals surface area contributed by atoms with Gasteiger partial charge in [0.1, 0.15) is 11.3 Å². The maximum absolute atomic E-state index is 12.2. The predicted octanol–water partition coefficient (Wildman–Crippen LogP) is 3.86. The summed E-state index contributed by atoms with van der Waals surface area (Å²) in [5.74, 6) is -0.207. The summed E-state index contributed by atoms with van der Waals surface area (Å²) in [6, 6.07) is 12.8. The average molecular weight is 367 g/mol. The van der Waals surface area contributed by atoms with Crippen molar-refractivity contribution in [2.75, 3.05) is 12.4 Å². The van der Waals surface area contributed by atoms with E-state index in [0.717, 1.165) is 10.9 Å². The minimum Gasteiger partial charge on any atom is -0.497 e. The molecule has 0 aliphatic heterocycles. The van der Waals surface area contributed by atoms with Gasteiger partial charge in [0.25, 0.3) is 5.91 Å². The number of nitrogens with one attached hydrogen (secondary N) is 1. The molecular formula is C21H21NO5. The van der Waals surface area contributed by atoms with E-state index in [9.17, 15) is 9.59 Å². The van der Waals surface area contributed by atoms with Crippen molar-refractivity contribution in [1.82, 2.24) is 0 Å². The third-order valence-electron chi connectivity index (χ3n) is 4.19. The summed E-state index contributed by atoms with van der Waals surface area (Å²) in [6.45, 7) is 3.51. The zero-order chi connectivity index (χ0) is 19.4. The number of esters is 1. The molecule has 0 saturated heterocycles. The van der Waals surface area contributed by atoms with Crippen LogP contribution in [0.2, 0.25) is 0 Å². The van der Waals surface area contributed by atoms with Crippen LogP contribution in [-0.4, -0.2) is 25.1 Å². The number of aryl methyl sites for hydroxylation is 1. The van der Waals surface area contributed by atoms with Crippen LogP contribution in [0.25, 0.3) is 11.0 Å². The lowest BCUT2D eigenvalue weighted by molar-refractivity contribution is -0.152. The molecule has 0 radical (unpaired) electrons. The van der Waals surface area contributed by atoms with Gasteiger partial charge in [-0.2, -0.15) is 0 Å². The van der Waals surface area contributed by atoms with Crippen molar-refractivity contribution in [3.8, 4) is 5.75 Å². The second-order valence-electron chi connectivity index (χ2n) is 6.29. The average Bonchev–Trinajstić information content (AvgIpc) is 3.05. The van der Waals surface area contributed by atoms with Gasteiger partial charge < -0.3 is 19.2 Å². The van der Waals surface area contributed by atoms with Crippen molar-refractivity contribution in [3.63, 3.8) is 0 Å². The minimum absolute atomic E-state index is 0.0154. The summed E-state index contributed by atoms with van der Waals surface area (Å²) in [6.07, 6.45) is 0.626. The van der Waals surface area contributed by atoms with Gasteiger partial charge in [-0.05, 0) is 38.1 Å². The number of anilines is 1. The van der Waals surface area contributed by atoms with E-state index in [1.165, 1.54) is 6.26 Å². The SMILES string of the molecule is COc1ccc2c(CC(=O)O[C@@H](C)C(=O)Nc3ccc(C)cc3)coc2c1. The predicted molar refractivity (Wildman–Crippen MR) is 102 cm³/mol. The summed E-state index contributed by atoms with van der Waals surface area (Å²) >= 11 is 0. The lowest BCUT2D eigenvalue weighted by Gasteiger charge is -2.13. The molecule has 0 fully saturated rings. The van der Waals surface area contributed by atoms with Crippen LogP contribution < -0.4 is 10.1 Å². The Morgan fingerprint density at radius 1 is 1.15 bits per heavy atom. The molecule has 1 heterocycles. The Hall–Kier alpha value is -3.28. The molecule has 0 spiro atoms. The first-order chi connectivity index (χ1) is 13.0. The normalized spacial score (nSPS) is 11.8. The van der Waals surface area contributed by atoms with Crippen molar-refractivity contribution < 1.29 is 23.5 Å². The van der Waals surface area contributed by atoms with E-state index in [1.807, 2.05) is 25.1 Å². The van der Waals surface area contributed by atoms with Crippen molar-refractivity contribution in [2.24, 2.45) is 0 Å². The van der Waals surface area contributed by atoms with E-state index in [0.29, 0.717) is 22.6 Å². The maximum Gasteiger partial charge on any atom is 0.311 e. The number of benzene rings is 2. The van der Waals surface area contributed by atoms with Crippen LogP contribution in [0.3, 0.4) is 0 Å². The van der Waals surface area contributed by atoms with Crippen LogP contribution in [0.4, 0.5) is 5.69 Å². The number of carbonyl (C=O) groups excluding carboxylic acids is 2. The molecule has 0 saturated carbocycles. The smallest absolute Gasteiger partial charge is 0.311 e. The van der Waals surface area contributed by atoms with Crippen LogP contribution in [0.5, 0.6) is 5.75 Å². The molecule has 0 aliphatic rings. The third kappa shape index (κ3) is 4.47. The number of fused-ring (bicyclic) bond motifs is 1. The number of carbonyl (C=O) groups is 2. The highest BCUT2D eigenvalue weighted by molar-refractivity contribution is 5.95. The van der Waals surface area contributed by atoms with Crippen molar-refractivity contribution >= 4 is 28.5 Å². The molecule has 1 N–H and O–H groups in total. The quantitative estimate of drug-likeness (QED) is 0.669. The second-order valence-corrected chi connectivity index (χ2v) is 6.29. The molecule has 1 amide bonds. The Labute approximate surface area is 157 Å². The monoisotopic (exact) mass is 367 g/mol. The largest absolute Gasteiger partial charge is 0.497 e. The van der Waals surface area contributed by atoms with Crippen LogP contribution >= 0.6 is 0 Å². The number of methoxy groups -OCH3 is 1. The molecule has 0 unspecified atom stereocenters. The molecule has 6 heteroatoms. The number of furan rings is 1. The van der Waals surface area contributed by atoms with E-state index in [1.54, 1.807) is 38.3 Å². The Morgan fingerprint density at radius 2 is 1.89 bits per heavy atom. The van der Waals surface area contributed by atoms with Gasteiger partial charge in [-0.3, -0.25) is 9.59 Å². The number of amides is 1. The van der Waals surface area contributed by atoms with Gasteiger partial charge in [-0.25, -0.2) is 0 Å². The lowest BCUT2D eigenvalue weighted by Crippen LogP contribution is -2.30. The van der Waals surface area contributed by atoms with Gasteiger partial charge >= 0.3 is 5.97 Å². The Bertz CT molecular complexity index is 958. The topological polar surface area (TPSA) is 77.8 Å². The van der Waals surface area contributed by atoms with Crippen LogP contribution in [-0.2, 0) is 20.7 Å². The molecule has 0 aliphatic carbocycles. The highest BCUT2D eigenvalue weighted by Gasteiger charge is 2.19. The summed E-state index contributed by atoms with van der Waals surface area (Å²) in [4.78, 5) is 24.4. The van der Waals surface area contributed by atoms with Gasteiger partial charge in [0, 0.05) is 22.7 Å². The standard InChI is InChI=1S/C21H21NO5/c1-13-4-6-16(7-5-13)22-21(24)14(2)27-20(23)10-15-12-26-19-11-17(25-3)8-9-18(15)19/h4-9,11-12,14H,10H2,1-3H3,(H,22,24)/t14-/m0/s1. The van der Waals surface area contributed by atoms with Gasteiger partial charge in [0.2, 0.25) is 0 Å². The molecule has 3 aromatic rings. The number of hydrogen-bond acceptors (Lipinski definition) is 5. The fourth-order valence-corrected chi connectivity index (χ4v) is 2.66. The molecule has 140 valence electrons. The number of ether oxygens (including phenoxy) is 2. The molecule has 3 rings (SSSR count). The second kappa shape index (κ2) is 7.95. The fraction of sp³-hybridized carbons (Fsp3) is 0.238. The maximum atomic E-state index is 12.2. The molecular weight excluding hydrogens is 346 g/mol. The number of rotatable bonds is 6. The first kappa shape index (κ1) is 18.5. The van der Waals surface area contributed by atoms with E-state index >= 15 is 0 Å². The van der Waals surface area contributed by atoms with Crippen molar-refractivity contribution in [3.05, 3.63) is 59.9 Å². The summed E-state index contributed by atoms with van der Waals surface area (Å²) in [5, 5.41) is 3.54. The van der Waals surface area contributed by atoms with Gasteiger partial charge in [0.05, 0.1) is 19.8 Å². The van der Waals surface area contributed by atoms with Crippen LogP contribution in [0, 0.1) is 6.92 Å². The molecule has 2 aromatic carbocycles. The molecule has 27 heavy (non-hydrogen) atoms. The summed E-state index contributed by atoms with van der Waals surface area (Å²) < 4.78 is 15.9. The zero-order valence-corrected chi connectivity index (χ0v) is 15.4. The minimum atomic E-state index is -0.905. The Balaban J connectivity index is 1.60. The fourth-order valence-electron chi connectivity index (χ4n) is 2.66. The van der Waals surface area contributed by atoms with Crippen molar-refractivity contribution in [2.45, 2.75) is 26.4 Å². The summed E-state index contributed by atoms with van der Waals surface area (Å²) in [5.41, 5.74) is 3.08. The third-order valence-corrected chi connectivity index (χ3v) is 4.19. The first-order valence-electron chi connectivity index (χ1n) is 8.57. The zero-order valence-electron chi connectivity index (χ0n) is 15.4.